The van der Waals surface area contributed by atoms with E-state index < -0.39 is 0 Å². The standard InChI is InChI=1S/C10H16N6O2/c1-8-12-10(18-14-8)7-16-6-9(13-15-16)5-11-3-4-17-2/h6,11H,3-5,7H2,1-2H3. The van der Waals surface area contributed by atoms with E-state index in [2.05, 4.69) is 25.8 Å². The summed E-state index contributed by atoms with van der Waals surface area (Å²) >= 11 is 0. The van der Waals surface area contributed by atoms with Gasteiger partial charge in [0.15, 0.2) is 5.82 Å². The fourth-order valence-corrected chi connectivity index (χ4v) is 1.43. The predicted octanol–water partition coefficient (Wildman–Crippen LogP) is -0.246. The van der Waals surface area contributed by atoms with E-state index in [1.807, 2.05) is 6.20 Å². The molecule has 0 aliphatic rings. The van der Waals surface area contributed by atoms with Crippen LogP contribution in [0.2, 0.25) is 0 Å². The van der Waals surface area contributed by atoms with Crippen LogP contribution in [0.3, 0.4) is 0 Å². The summed E-state index contributed by atoms with van der Waals surface area (Å²) in [6.45, 7) is 4.33. The van der Waals surface area contributed by atoms with Crippen LogP contribution in [0, 0.1) is 6.92 Å². The minimum Gasteiger partial charge on any atom is -0.383 e. The quantitative estimate of drug-likeness (QED) is 0.679. The Hall–Kier alpha value is -1.80. The van der Waals surface area contributed by atoms with Gasteiger partial charge in [-0.15, -0.1) is 5.10 Å². The molecule has 0 aliphatic carbocycles. The lowest BCUT2D eigenvalue weighted by atomic mass is 10.4. The number of rotatable bonds is 7. The highest BCUT2D eigenvalue weighted by atomic mass is 16.5. The molecule has 0 saturated heterocycles. The van der Waals surface area contributed by atoms with Crippen LogP contribution in [0.25, 0.3) is 0 Å². The van der Waals surface area contributed by atoms with Crippen molar-refractivity contribution in [2.24, 2.45) is 0 Å². The number of nitrogens with zero attached hydrogens (tertiary/aromatic N) is 5. The van der Waals surface area contributed by atoms with Crippen molar-refractivity contribution in [3.63, 3.8) is 0 Å². The molecule has 8 nitrogen and oxygen atoms in total. The molecule has 0 aliphatic heterocycles. The highest BCUT2D eigenvalue weighted by Gasteiger charge is 2.06. The second-order valence-corrected chi connectivity index (χ2v) is 3.81. The van der Waals surface area contributed by atoms with Gasteiger partial charge in [0.1, 0.15) is 6.54 Å². The third-order valence-electron chi connectivity index (χ3n) is 2.24. The van der Waals surface area contributed by atoms with Gasteiger partial charge in [-0.25, -0.2) is 4.68 Å². The predicted molar refractivity (Wildman–Crippen MR) is 61.7 cm³/mol. The lowest BCUT2D eigenvalue weighted by Crippen LogP contribution is -2.18. The normalized spacial score (nSPS) is 11.0. The molecule has 8 heteroatoms. The van der Waals surface area contributed by atoms with Crippen LogP contribution in [0.15, 0.2) is 10.7 Å². The van der Waals surface area contributed by atoms with Gasteiger partial charge in [-0.05, 0) is 6.92 Å². The smallest absolute Gasteiger partial charge is 0.248 e. The highest BCUT2D eigenvalue weighted by Crippen LogP contribution is 2.00. The van der Waals surface area contributed by atoms with Crippen molar-refractivity contribution in [1.29, 1.82) is 0 Å². The Morgan fingerprint density at radius 3 is 3.11 bits per heavy atom. The summed E-state index contributed by atoms with van der Waals surface area (Å²) in [6.07, 6.45) is 1.85. The van der Waals surface area contributed by atoms with Crippen LogP contribution in [-0.2, 0) is 17.8 Å². The number of nitrogens with one attached hydrogen (secondary N) is 1. The van der Waals surface area contributed by atoms with Crippen molar-refractivity contribution >= 4 is 0 Å². The van der Waals surface area contributed by atoms with Crippen molar-refractivity contribution in [2.75, 3.05) is 20.3 Å². The second-order valence-electron chi connectivity index (χ2n) is 3.81. The van der Waals surface area contributed by atoms with E-state index >= 15 is 0 Å². The van der Waals surface area contributed by atoms with Gasteiger partial charge in [-0.3, -0.25) is 0 Å². The lowest BCUT2D eigenvalue weighted by Gasteiger charge is -1.99. The number of aryl methyl sites for hydroxylation is 1. The van der Waals surface area contributed by atoms with Crippen molar-refractivity contribution in [3.05, 3.63) is 23.6 Å². The summed E-state index contributed by atoms with van der Waals surface area (Å²) in [5.74, 6) is 1.14. The van der Waals surface area contributed by atoms with Crippen LogP contribution in [0.1, 0.15) is 17.4 Å². The first-order valence-corrected chi connectivity index (χ1v) is 5.66. The number of hydrogen-bond acceptors (Lipinski definition) is 7. The Bertz CT molecular complexity index is 480. The van der Waals surface area contributed by atoms with Gasteiger partial charge in [0.05, 0.1) is 18.5 Å². The average molecular weight is 252 g/mol. The zero-order valence-corrected chi connectivity index (χ0v) is 10.5. The summed E-state index contributed by atoms with van der Waals surface area (Å²) < 4.78 is 11.6. The minimum atomic E-state index is 0.436. The molecule has 0 aromatic carbocycles. The van der Waals surface area contributed by atoms with Crippen LogP contribution < -0.4 is 5.32 Å². The number of ether oxygens (including phenoxy) is 1. The first kappa shape index (κ1) is 12.7. The maximum Gasteiger partial charge on any atom is 0.248 e. The number of hydrogen-bond donors (Lipinski definition) is 1. The second kappa shape index (κ2) is 6.22. The first-order chi connectivity index (χ1) is 8.78. The summed E-state index contributed by atoms with van der Waals surface area (Å²) in [6, 6.07) is 0. The molecule has 18 heavy (non-hydrogen) atoms. The average Bonchev–Trinajstić information content (AvgIpc) is 2.95. The summed E-state index contributed by atoms with van der Waals surface area (Å²) in [4.78, 5) is 4.10. The molecule has 0 saturated carbocycles. The first-order valence-electron chi connectivity index (χ1n) is 5.66. The van der Waals surface area contributed by atoms with Gasteiger partial charge >= 0.3 is 0 Å². The Morgan fingerprint density at radius 2 is 2.39 bits per heavy atom. The molecule has 0 radical (unpaired) electrons. The van der Waals surface area contributed by atoms with Gasteiger partial charge in [-0.2, -0.15) is 4.98 Å². The van der Waals surface area contributed by atoms with Crippen molar-refractivity contribution in [1.82, 2.24) is 30.5 Å². The number of aromatic nitrogens is 5. The Morgan fingerprint density at radius 1 is 1.50 bits per heavy atom. The van der Waals surface area contributed by atoms with Gasteiger partial charge < -0.3 is 14.6 Å². The zero-order valence-electron chi connectivity index (χ0n) is 10.5. The Labute approximate surface area is 104 Å². The molecule has 2 rings (SSSR count). The van der Waals surface area contributed by atoms with Crippen LogP contribution in [0.5, 0.6) is 0 Å². The minimum absolute atomic E-state index is 0.436. The molecular formula is C10H16N6O2. The van der Waals surface area contributed by atoms with E-state index in [4.69, 9.17) is 9.26 Å². The van der Waals surface area contributed by atoms with Crippen LogP contribution in [0.4, 0.5) is 0 Å². The molecule has 0 bridgehead atoms. The Balaban J connectivity index is 1.82. The zero-order chi connectivity index (χ0) is 12.8. The summed E-state index contributed by atoms with van der Waals surface area (Å²) in [5, 5.41) is 14.9. The van der Waals surface area contributed by atoms with Crippen molar-refractivity contribution < 1.29 is 9.26 Å². The van der Waals surface area contributed by atoms with E-state index in [-0.39, 0.29) is 0 Å². The third kappa shape index (κ3) is 3.60. The lowest BCUT2D eigenvalue weighted by molar-refractivity contribution is 0.199. The fraction of sp³-hybridized carbons (Fsp3) is 0.600. The van der Waals surface area contributed by atoms with Gasteiger partial charge in [0.25, 0.3) is 0 Å². The van der Waals surface area contributed by atoms with Crippen LogP contribution >= 0.6 is 0 Å². The third-order valence-corrected chi connectivity index (χ3v) is 2.24. The van der Waals surface area contributed by atoms with Crippen molar-refractivity contribution in [2.45, 2.75) is 20.0 Å². The van der Waals surface area contributed by atoms with Gasteiger partial charge in [-0.1, -0.05) is 10.4 Å². The molecule has 2 aromatic heterocycles. The van der Waals surface area contributed by atoms with E-state index in [0.717, 1.165) is 12.2 Å². The largest absolute Gasteiger partial charge is 0.383 e. The molecule has 0 fully saturated rings. The molecule has 0 spiro atoms. The van der Waals surface area contributed by atoms with Gasteiger partial charge in [0, 0.05) is 20.2 Å². The molecule has 0 amide bonds. The monoisotopic (exact) mass is 252 g/mol. The van der Waals surface area contributed by atoms with Gasteiger partial charge in [0.2, 0.25) is 5.89 Å². The van der Waals surface area contributed by atoms with Crippen molar-refractivity contribution in [3.8, 4) is 0 Å². The molecular weight excluding hydrogens is 236 g/mol. The molecule has 1 N–H and O–H groups in total. The molecule has 2 aromatic rings. The van der Waals surface area contributed by atoms with E-state index in [1.54, 1.807) is 18.7 Å². The highest BCUT2D eigenvalue weighted by molar-refractivity contribution is 4.93. The molecule has 98 valence electrons. The maximum absolute atomic E-state index is 5.01. The van der Waals surface area contributed by atoms with E-state index in [0.29, 0.717) is 31.4 Å². The summed E-state index contributed by atoms with van der Waals surface area (Å²) in [5.41, 5.74) is 0.863. The fourth-order valence-electron chi connectivity index (χ4n) is 1.43. The maximum atomic E-state index is 5.01. The van der Waals surface area contributed by atoms with E-state index in [1.165, 1.54) is 0 Å². The number of methoxy groups -OCH3 is 1. The molecule has 2 heterocycles. The SMILES string of the molecule is COCCNCc1cn(Cc2nc(C)no2)nn1. The van der Waals surface area contributed by atoms with Crippen LogP contribution in [-0.4, -0.2) is 45.4 Å². The Kier molecular flexibility index (Phi) is 4.37. The molecule has 0 atom stereocenters. The van der Waals surface area contributed by atoms with E-state index in [9.17, 15) is 0 Å². The summed E-state index contributed by atoms with van der Waals surface area (Å²) in [7, 11) is 1.67. The molecule has 0 unspecified atom stereocenters. The topological polar surface area (TPSA) is 90.9 Å².